The predicted molar refractivity (Wildman–Crippen MR) is 187 cm³/mol. The summed E-state index contributed by atoms with van der Waals surface area (Å²) in [4.78, 5) is 48.4. The average Bonchev–Trinajstić information content (AvgIpc) is 3.10. The van der Waals surface area contributed by atoms with Crippen LogP contribution in [0.4, 0.5) is 8.78 Å². The van der Waals surface area contributed by atoms with Crippen molar-refractivity contribution in [2.24, 2.45) is 28.5 Å². The van der Waals surface area contributed by atoms with Gasteiger partial charge < -0.3 is 30.5 Å². The summed E-state index contributed by atoms with van der Waals surface area (Å²) in [6.07, 6.45) is 11.0. The highest BCUT2D eigenvalue weighted by atomic mass is 19.3. The number of amides is 2. The molecule has 4 N–H and O–H groups in total. The second kappa shape index (κ2) is 17.0. The van der Waals surface area contributed by atoms with Gasteiger partial charge in [0.25, 0.3) is 6.43 Å². The Hall–Kier alpha value is -3.45. The molecule has 0 aromatic carbocycles. The van der Waals surface area contributed by atoms with Crippen LogP contribution in [-0.2, 0) is 14.4 Å². The number of aldehydes is 1. The van der Waals surface area contributed by atoms with Crippen molar-refractivity contribution in [3.8, 4) is 0 Å². The molecule has 5 rings (SSSR count). The smallest absolute Gasteiger partial charge is 0.264 e. The molecule has 1 aliphatic carbocycles. The highest BCUT2D eigenvalue weighted by molar-refractivity contribution is 5.88. The van der Waals surface area contributed by atoms with Crippen LogP contribution in [0, 0.1) is 23.2 Å². The van der Waals surface area contributed by atoms with Crippen LogP contribution < -0.4 is 11.1 Å². The number of nitrogens with one attached hydrogen (secondary N) is 2. The molecule has 0 spiro atoms. The molecule has 13 heteroatoms. The first kappa shape index (κ1) is 36.8. The quantitative estimate of drug-likeness (QED) is 0.183. The minimum Gasteiger partial charge on any atom is -0.404 e. The van der Waals surface area contributed by atoms with Gasteiger partial charge in [-0.25, -0.2) is 8.78 Å². The lowest BCUT2D eigenvalue weighted by molar-refractivity contribution is -0.133. The van der Waals surface area contributed by atoms with E-state index in [0.717, 1.165) is 57.9 Å². The summed E-state index contributed by atoms with van der Waals surface area (Å²) in [5.41, 5.74) is 6.59. The topological polar surface area (TPSA) is 138 Å². The minimum absolute atomic E-state index is 0.0298. The fraction of sp³-hybridized carbons (Fsp3) is 0.694. The zero-order valence-corrected chi connectivity index (χ0v) is 29.0. The van der Waals surface area contributed by atoms with Gasteiger partial charge in [-0.15, -0.1) is 0 Å². The highest BCUT2D eigenvalue weighted by Crippen LogP contribution is 2.39. The Balaban J connectivity index is 1.23. The van der Waals surface area contributed by atoms with Gasteiger partial charge in [-0.05, 0) is 69.5 Å². The van der Waals surface area contributed by atoms with Gasteiger partial charge in [-0.3, -0.25) is 24.9 Å². The number of fused-ring (bicyclic) bond motifs is 1. The molecule has 4 fully saturated rings. The molecule has 4 atom stereocenters. The number of likely N-dealkylation sites (tertiary alicyclic amines) is 4. The number of aliphatic imine (C=N–C) groups is 1. The van der Waals surface area contributed by atoms with E-state index < -0.39 is 6.43 Å². The van der Waals surface area contributed by atoms with E-state index in [2.05, 4.69) is 15.2 Å². The Bertz CT molecular complexity index is 1330. The van der Waals surface area contributed by atoms with Crippen molar-refractivity contribution in [2.45, 2.75) is 82.8 Å². The Labute approximate surface area is 289 Å². The highest BCUT2D eigenvalue weighted by Gasteiger charge is 2.42. The van der Waals surface area contributed by atoms with Crippen molar-refractivity contribution in [1.82, 2.24) is 24.9 Å². The summed E-state index contributed by atoms with van der Waals surface area (Å²) >= 11 is 0. The fourth-order valence-electron chi connectivity index (χ4n) is 8.48. The molecule has 4 saturated heterocycles. The van der Waals surface area contributed by atoms with E-state index in [4.69, 9.17) is 5.73 Å². The summed E-state index contributed by atoms with van der Waals surface area (Å²) in [6, 6.07) is -0.249. The third-order valence-corrected chi connectivity index (χ3v) is 11.3. The first-order chi connectivity index (χ1) is 23.6. The normalized spacial score (nSPS) is 28.0. The molecule has 5 aliphatic rings. The zero-order valence-electron chi connectivity index (χ0n) is 29.0. The number of amidine groups is 1. The molecular formula is C36H54F2N8O3. The summed E-state index contributed by atoms with van der Waals surface area (Å²) in [5.74, 6) is 0.576. The molecule has 270 valence electrons. The van der Waals surface area contributed by atoms with Crippen LogP contribution in [0.25, 0.3) is 0 Å². The molecular weight excluding hydrogens is 630 g/mol. The Kier molecular flexibility index (Phi) is 12.8. The van der Waals surface area contributed by atoms with Gasteiger partial charge in [0.15, 0.2) is 0 Å². The zero-order chi connectivity index (χ0) is 35.1. The number of rotatable bonds is 10. The maximum absolute atomic E-state index is 14.5. The number of halogens is 2. The van der Waals surface area contributed by atoms with Gasteiger partial charge in [0.1, 0.15) is 12.1 Å². The van der Waals surface area contributed by atoms with E-state index in [1.54, 1.807) is 24.9 Å². The first-order valence-corrected chi connectivity index (χ1v) is 18.0. The van der Waals surface area contributed by atoms with Crippen LogP contribution >= 0.6 is 0 Å². The third kappa shape index (κ3) is 8.83. The second-order valence-electron chi connectivity index (χ2n) is 14.3. The number of hydrogen-bond acceptors (Lipinski definition) is 8. The molecule has 4 aliphatic heterocycles. The van der Waals surface area contributed by atoms with E-state index in [1.807, 2.05) is 15.9 Å². The van der Waals surface area contributed by atoms with Crippen LogP contribution in [0.5, 0.6) is 0 Å². The van der Waals surface area contributed by atoms with E-state index in [1.165, 1.54) is 12.4 Å². The number of nitrogens with two attached hydrogens (primary N) is 1. The average molecular weight is 685 g/mol. The number of carbonyl (C=O) groups is 3. The number of carbonyl (C=O) groups excluding carboxylic acids is 3. The summed E-state index contributed by atoms with van der Waals surface area (Å²) in [6.45, 7) is 6.71. The Morgan fingerprint density at radius 3 is 2.39 bits per heavy atom. The summed E-state index contributed by atoms with van der Waals surface area (Å²) < 4.78 is 28.9. The standard InChI is InChI=1S/C36H54F2N8O3/c1-24(48)45-15-9-32(42-28-7-13-44(14-8-28)34(49)18-25-5-11-43(12-6-25)16-17-47)31(23-45)36(40)46-10-3-4-26-19-29(27(21-39)22-41-2)30(35(37)38)20-33(26)46/h17,19-22,25-26,28,31-33,35,40,42H,3-16,18,23,39H2,1-2H3. The largest absolute Gasteiger partial charge is 0.404 e. The van der Waals surface area contributed by atoms with Crippen molar-refractivity contribution in [3.63, 3.8) is 0 Å². The second-order valence-corrected chi connectivity index (χ2v) is 14.3. The Morgan fingerprint density at radius 1 is 1.04 bits per heavy atom. The van der Waals surface area contributed by atoms with E-state index in [0.29, 0.717) is 75.0 Å². The molecule has 0 saturated carbocycles. The Morgan fingerprint density at radius 2 is 1.76 bits per heavy atom. The lowest BCUT2D eigenvalue weighted by Crippen LogP contribution is -2.61. The fourth-order valence-corrected chi connectivity index (χ4v) is 8.48. The van der Waals surface area contributed by atoms with Gasteiger partial charge in [-0.1, -0.05) is 12.2 Å². The molecule has 49 heavy (non-hydrogen) atoms. The van der Waals surface area contributed by atoms with Gasteiger partial charge in [-0.2, -0.15) is 0 Å². The number of nitrogens with zero attached hydrogens (tertiary/aromatic N) is 5. The number of alkyl halides is 2. The lowest BCUT2D eigenvalue weighted by Gasteiger charge is -2.48. The van der Waals surface area contributed by atoms with Gasteiger partial charge in [0.05, 0.1) is 12.6 Å². The van der Waals surface area contributed by atoms with Crippen LogP contribution in [-0.4, -0.2) is 134 Å². The van der Waals surface area contributed by atoms with Crippen molar-refractivity contribution >= 4 is 30.2 Å². The predicted octanol–water partition coefficient (Wildman–Crippen LogP) is 2.84. The molecule has 4 unspecified atom stereocenters. The molecule has 11 nitrogen and oxygen atoms in total. The van der Waals surface area contributed by atoms with Gasteiger partial charge in [0.2, 0.25) is 11.8 Å². The minimum atomic E-state index is -2.71. The van der Waals surface area contributed by atoms with E-state index >= 15 is 0 Å². The van der Waals surface area contributed by atoms with E-state index in [-0.39, 0.29) is 47.3 Å². The van der Waals surface area contributed by atoms with Crippen LogP contribution in [0.15, 0.2) is 40.1 Å². The SMILES string of the molecule is CN=CC(=CN)C1=CC2CCCN(C(=N)C3CN(C(C)=O)CCC3NC3CCN(C(=O)CC4CCN(CC=O)CC4)CC3)C2C=C1C(F)F. The van der Waals surface area contributed by atoms with Crippen LogP contribution in [0.3, 0.4) is 0 Å². The molecule has 2 amide bonds. The summed E-state index contributed by atoms with van der Waals surface area (Å²) in [7, 11) is 1.58. The maximum atomic E-state index is 14.5. The molecule has 0 aromatic heterocycles. The summed E-state index contributed by atoms with van der Waals surface area (Å²) in [5, 5.41) is 13.3. The van der Waals surface area contributed by atoms with Gasteiger partial charge in [0, 0.05) is 101 Å². The van der Waals surface area contributed by atoms with Crippen molar-refractivity contribution < 1.29 is 23.2 Å². The van der Waals surface area contributed by atoms with E-state index in [9.17, 15) is 28.6 Å². The molecule has 4 heterocycles. The van der Waals surface area contributed by atoms with Crippen LogP contribution in [0.1, 0.15) is 58.3 Å². The maximum Gasteiger partial charge on any atom is 0.264 e. The number of piperidine rings is 4. The van der Waals surface area contributed by atoms with Crippen molar-refractivity contribution in [2.75, 3.05) is 59.4 Å². The molecule has 0 bridgehead atoms. The number of hydrogen-bond donors (Lipinski definition) is 3. The van der Waals surface area contributed by atoms with Crippen LogP contribution in [0.2, 0.25) is 0 Å². The third-order valence-electron chi connectivity index (χ3n) is 11.3. The monoisotopic (exact) mass is 684 g/mol. The van der Waals surface area contributed by atoms with Gasteiger partial charge >= 0.3 is 0 Å². The van der Waals surface area contributed by atoms with Crippen molar-refractivity contribution in [3.05, 3.63) is 35.1 Å². The first-order valence-electron chi connectivity index (χ1n) is 18.0. The lowest BCUT2D eigenvalue weighted by atomic mass is 9.78. The van der Waals surface area contributed by atoms with Crippen molar-refractivity contribution in [1.29, 1.82) is 5.41 Å². The molecule has 0 radical (unpaired) electrons. The molecule has 0 aromatic rings. The number of allylic oxidation sites excluding steroid dienone is 3.